The Morgan fingerprint density at radius 2 is 1.81 bits per heavy atom. The van der Waals surface area contributed by atoms with E-state index in [1.165, 1.54) is 5.56 Å². The molecule has 0 aliphatic rings. The maximum atomic E-state index is 6.22. The Kier molecular flexibility index (Phi) is 6.08. The van der Waals surface area contributed by atoms with E-state index < -0.39 is 0 Å². The van der Waals surface area contributed by atoms with Crippen LogP contribution in [0.1, 0.15) is 24.0 Å². The van der Waals surface area contributed by atoms with Crippen LogP contribution in [0.3, 0.4) is 0 Å². The fourth-order valence-corrected chi connectivity index (χ4v) is 3.07. The average molecular weight is 367 g/mol. The Morgan fingerprint density at radius 1 is 1.00 bits per heavy atom. The molecule has 1 heterocycles. The second kappa shape index (κ2) is 8.68. The lowest BCUT2D eigenvalue weighted by molar-refractivity contribution is 0.761. The lowest BCUT2D eigenvalue weighted by Gasteiger charge is -2.11. The normalized spacial score (nSPS) is 10.7. The monoisotopic (exact) mass is 366 g/mol. The molecule has 0 amide bonds. The molecular weight excluding hydrogens is 344 g/mol. The number of benzene rings is 2. The van der Waals surface area contributed by atoms with E-state index in [-0.39, 0.29) is 5.95 Å². The Labute approximate surface area is 159 Å². The summed E-state index contributed by atoms with van der Waals surface area (Å²) < 4.78 is 0. The molecule has 0 spiro atoms. The number of unbranched alkanes of at least 4 members (excludes halogenated alkanes) is 1. The molecule has 0 radical (unpaired) electrons. The van der Waals surface area contributed by atoms with Crippen molar-refractivity contribution in [1.29, 1.82) is 0 Å². The molecule has 0 saturated carbocycles. The number of rotatable bonds is 7. The number of nitrogens with two attached hydrogens (primary N) is 1. The molecule has 3 N–H and O–H groups in total. The van der Waals surface area contributed by atoms with Gasteiger partial charge in [0.25, 0.3) is 0 Å². The van der Waals surface area contributed by atoms with Gasteiger partial charge in [0.05, 0.1) is 5.69 Å². The van der Waals surface area contributed by atoms with Gasteiger partial charge < -0.3 is 11.1 Å². The molecule has 5 heteroatoms. The van der Waals surface area contributed by atoms with E-state index in [4.69, 9.17) is 17.3 Å². The van der Waals surface area contributed by atoms with Gasteiger partial charge in [0.2, 0.25) is 5.95 Å². The summed E-state index contributed by atoms with van der Waals surface area (Å²) in [6.45, 7) is 2.82. The molecule has 134 valence electrons. The van der Waals surface area contributed by atoms with Gasteiger partial charge in [-0.05, 0) is 43.4 Å². The van der Waals surface area contributed by atoms with Gasteiger partial charge in [0.15, 0.2) is 0 Å². The summed E-state index contributed by atoms with van der Waals surface area (Å²) in [7, 11) is 0. The Hall–Kier alpha value is -2.59. The maximum Gasteiger partial charge on any atom is 0.222 e. The van der Waals surface area contributed by atoms with Gasteiger partial charge >= 0.3 is 0 Å². The molecule has 0 bridgehead atoms. The fourth-order valence-electron chi connectivity index (χ4n) is 2.89. The van der Waals surface area contributed by atoms with Crippen molar-refractivity contribution in [3.63, 3.8) is 0 Å². The van der Waals surface area contributed by atoms with Crippen molar-refractivity contribution in [2.75, 3.05) is 17.6 Å². The lowest BCUT2D eigenvalue weighted by Crippen LogP contribution is -2.07. The number of nitrogen functional groups attached to an aromatic ring is 1. The first-order chi connectivity index (χ1) is 12.6. The van der Waals surface area contributed by atoms with Gasteiger partial charge in [-0.3, -0.25) is 0 Å². The van der Waals surface area contributed by atoms with Crippen molar-refractivity contribution < 1.29 is 0 Å². The van der Waals surface area contributed by atoms with Crippen LogP contribution in [0.5, 0.6) is 0 Å². The largest absolute Gasteiger partial charge is 0.370 e. The predicted octanol–water partition coefficient (Wildman–Crippen LogP) is 5.12. The number of aromatic nitrogens is 2. The van der Waals surface area contributed by atoms with Crippen LogP contribution in [0.2, 0.25) is 5.02 Å². The van der Waals surface area contributed by atoms with Crippen LogP contribution in [-0.2, 0) is 6.42 Å². The molecule has 3 aromatic rings. The summed E-state index contributed by atoms with van der Waals surface area (Å²) in [5.41, 5.74) is 10.0. The highest BCUT2D eigenvalue weighted by Gasteiger charge is 2.09. The molecule has 3 rings (SSSR count). The van der Waals surface area contributed by atoms with Crippen LogP contribution in [0.4, 0.5) is 11.8 Å². The standard InChI is InChI=1S/C21H23ClN4/c1-15-17(11-7-12-18(15)22)19-14-20(26-21(23)25-19)24-13-6-5-10-16-8-3-2-4-9-16/h2-4,7-9,11-12,14H,5-6,10,13H2,1H3,(H3,23,24,25,26). The molecule has 4 nitrogen and oxygen atoms in total. The zero-order chi connectivity index (χ0) is 18.4. The van der Waals surface area contributed by atoms with Crippen molar-refractivity contribution in [3.8, 4) is 11.3 Å². The molecule has 0 unspecified atom stereocenters. The summed E-state index contributed by atoms with van der Waals surface area (Å²) in [6, 6.07) is 18.2. The third-order valence-corrected chi connectivity index (χ3v) is 4.74. The predicted molar refractivity (Wildman–Crippen MR) is 109 cm³/mol. The zero-order valence-electron chi connectivity index (χ0n) is 14.9. The maximum absolute atomic E-state index is 6.22. The first kappa shape index (κ1) is 18.2. The highest BCUT2D eigenvalue weighted by atomic mass is 35.5. The summed E-state index contributed by atoms with van der Waals surface area (Å²) in [6.07, 6.45) is 3.27. The van der Waals surface area contributed by atoms with Gasteiger partial charge in [0.1, 0.15) is 5.82 Å². The van der Waals surface area contributed by atoms with Crippen LogP contribution >= 0.6 is 11.6 Å². The summed E-state index contributed by atoms with van der Waals surface area (Å²) in [5.74, 6) is 1.00. The fraction of sp³-hybridized carbons (Fsp3) is 0.238. The second-order valence-corrected chi connectivity index (χ2v) is 6.69. The Bertz CT molecular complexity index is 865. The van der Waals surface area contributed by atoms with E-state index in [1.54, 1.807) is 0 Å². The van der Waals surface area contributed by atoms with Gasteiger partial charge in [-0.15, -0.1) is 0 Å². The third kappa shape index (κ3) is 4.73. The minimum atomic E-state index is 0.258. The van der Waals surface area contributed by atoms with Crippen LogP contribution in [0.25, 0.3) is 11.3 Å². The van der Waals surface area contributed by atoms with Crippen LogP contribution < -0.4 is 11.1 Å². The average Bonchev–Trinajstić information content (AvgIpc) is 2.64. The lowest BCUT2D eigenvalue weighted by atomic mass is 10.1. The minimum absolute atomic E-state index is 0.258. The van der Waals surface area contributed by atoms with E-state index >= 15 is 0 Å². The van der Waals surface area contributed by atoms with E-state index in [1.807, 2.05) is 37.3 Å². The summed E-state index contributed by atoms with van der Waals surface area (Å²) >= 11 is 6.22. The smallest absolute Gasteiger partial charge is 0.222 e. The third-order valence-electron chi connectivity index (χ3n) is 4.33. The van der Waals surface area contributed by atoms with Gasteiger partial charge in [0, 0.05) is 23.2 Å². The Morgan fingerprint density at radius 3 is 2.62 bits per heavy atom. The SMILES string of the molecule is Cc1c(Cl)cccc1-c1cc(NCCCCc2ccccc2)nc(N)n1. The van der Waals surface area contributed by atoms with E-state index in [0.29, 0.717) is 0 Å². The number of aryl methyl sites for hydroxylation is 1. The minimum Gasteiger partial charge on any atom is -0.370 e. The molecule has 26 heavy (non-hydrogen) atoms. The number of hydrogen-bond donors (Lipinski definition) is 2. The van der Waals surface area contributed by atoms with Crippen LogP contribution in [0.15, 0.2) is 54.6 Å². The summed E-state index contributed by atoms with van der Waals surface area (Å²) in [5, 5.41) is 4.07. The van der Waals surface area contributed by atoms with Crippen molar-refractivity contribution in [1.82, 2.24) is 9.97 Å². The zero-order valence-corrected chi connectivity index (χ0v) is 15.6. The number of hydrogen-bond acceptors (Lipinski definition) is 4. The topological polar surface area (TPSA) is 63.8 Å². The van der Waals surface area contributed by atoms with Crippen molar-refractivity contribution in [3.05, 3.63) is 70.7 Å². The molecule has 0 fully saturated rings. The number of nitrogens with one attached hydrogen (secondary N) is 1. The molecule has 0 atom stereocenters. The van der Waals surface area contributed by atoms with Crippen LogP contribution in [-0.4, -0.2) is 16.5 Å². The van der Waals surface area contributed by atoms with Crippen molar-refractivity contribution in [2.24, 2.45) is 0 Å². The van der Waals surface area contributed by atoms with Gasteiger partial charge in [-0.2, -0.15) is 4.98 Å². The molecule has 2 aromatic carbocycles. The van der Waals surface area contributed by atoms with Gasteiger partial charge in [-0.1, -0.05) is 54.1 Å². The highest BCUT2D eigenvalue weighted by molar-refractivity contribution is 6.31. The molecule has 0 saturated heterocycles. The van der Waals surface area contributed by atoms with E-state index in [9.17, 15) is 0 Å². The highest BCUT2D eigenvalue weighted by Crippen LogP contribution is 2.28. The number of halogens is 1. The quantitative estimate of drug-likeness (QED) is 0.569. The van der Waals surface area contributed by atoms with Crippen molar-refractivity contribution in [2.45, 2.75) is 26.2 Å². The van der Waals surface area contributed by atoms with Crippen molar-refractivity contribution >= 4 is 23.4 Å². The first-order valence-electron chi connectivity index (χ1n) is 8.81. The second-order valence-electron chi connectivity index (χ2n) is 6.28. The van der Waals surface area contributed by atoms with Gasteiger partial charge in [-0.25, -0.2) is 4.98 Å². The molecule has 1 aromatic heterocycles. The number of anilines is 2. The summed E-state index contributed by atoms with van der Waals surface area (Å²) in [4.78, 5) is 8.65. The first-order valence-corrected chi connectivity index (χ1v) is 9.19. The van der Waals surface area contributed by atoms with E-state index in [2.05, 4.69) is 39.6 Å². The molecular formula is C21H23ClN4. The molecule has 0 aliphatic heterocycles. The van der Waals surface area contributed by atoms with Crippen LogP contribution in [0, 0.1) is 6.92 Å². The molecule has 0 aliphatic carbocycles. The Balaban J connectivity index is 1.60. The van der Waals surface area contributed by atoms with E-state index in [0.717, 1.165) is 53.5 Å². The number of nitrogens with zero attached hydrogens (tertiary/aromatic N) is 2.